The van der Waals surface area contributed by atoms with E-state index in [1.54, 1.807) is 40.3 Å². The van der Waals surface area contributed by atoms with E-state index in [-0.39, 0.29) is 0 Å². The standard InChI is InChI=1S/C22H12BrN3OS3/c1-11-26-19-17(30-11)8-16(14-6-7-28-20(14)19)27-21-18-15(9-29-22(18)25-10-24-21)12-2-4-13(23)5-3-12/h2-10H,1H3. The molecular weight excluding hydrogens is 498 g/mol. The van der Waals surface area contributed by atoms with Crippen LogP contribution in [-0.2, 0) is 0 Å². The maximum atomic E-state index is 6.46. The van der Waals surface area contributed by atoms with Crippen LogP contribution in [0.25, 0.3) is 41.6 Å². The molecule has 4 nitrogen and oxygen atoms in total. The quantitative estimate of drug-likeness (QED) is 0.242. The Kier molecular flexibility index (Phi) is 4.35. The lowest BCUT2D eigenvalue weighted by Crippen LogP contribution is -1.91. The maximum absolute atomic E-state index is 6.46. The summed E-state index contributed by atoms with van der Waals surface area (Å²) < 4.78 is 9.78. The zero-order valence-electron chi connectivity index (χ0n) is 15.5. The summed E-state index contributed by atoms with van der Waals surface area (Å²) in [5.74, 6) is 1.38. The summed E-state index contributed by atoms with van der Waals surface area (Å²) in [5, 5.41) is 7.25. The summed E-state index contributed by atoms with van der Waals surface area (Å²) in [6.45, 7) is 2.04. The number of ether oxygens (including phenoxy) is 1. The minimum Gasteiger partial charge on any atom is -0.437 e. The van der Waals surface area contributed by atoms with Gasteiger partial charge in [-0.15, -0.1) is 34.0 Å². The predicted octanol–water partition coefficient (Wildman–Crippen LogP) is 8.05. The second-order valence-electron chi connectivity index (χ2n) is 6.74. The van der Waals surface area contributed by atoms with Gasteiger partial charge in [-0.1, -0.05) is 28.1 Å². The third-order valence-electron chi connectivity index (χ3n) is 4.87. The Hall–Kier alpha value is -2.39. The highest BCUT2D eigenvalue weighted by atomic mass is 79.9. The Morgan fingerprint density at radius 3 is 2.77 bits per heavy atom. The summed E-state index contributed by atoms with van der Waals surface area (Å²) in [6.07, 6.45) is 1.57. The van der Waals surface area contributed by atoms with Crippen LogP contribution in [-0.4, -0.2) is 15.0 Å². The third-order valence-corrected chi connectivity index (χ3v) is 8.12. The fourth-order valence-corrected chi connectivity index (χ4v) is 6.55. The zero-order valence-corrected chi connectivity index (χ0v) is 19.6. The fourth-order valence-electron chi connectivity index (χ4n) is 3.54. The van der Waals surface area contributed by atoms with Crippen molar-refractivity contribution in [1.82, 2.24) is 15.0 Å². The van der Waals surface area contributed by atoms with Crippen LogP contribution in [0.5, 0.6) is 11.6 Å². The molecule has 4 aromatic heterocycles. The third kappa shape index (κ3) is 2.94. The molecule has 0 atom stereocenters. The van der Waals surface area contributed by atoms with Gasteiger partial charge >= 0.3 is 0 Å². The molecule has 0 radical (unpaired) electrons. The Morgan fingerprint density at radius 2 is 1.90 bits per heavy atom. The van der Waals surface area contributed by atoms with Crippen LogP contribution in [0, 0.1) is 6.92 Å². The van der Waals surface area contributed by atoms with Crippen molar-refractivity contribution in [2.75, 3.05) is 0 Å². The summed E-state index contributed by atoms with van der Waals surface area (Å²) in [7, 11) is 0. The first-order chi connectivity index (χ1) is 14.7. The number of fused-ring (bicyclic) bond motifs is 4. The smallest absolute Gasteiger partial charge is 0.231 e. The molecule has 0 aliphatic carbocycles. The van der Waals surface area contributed by atoms with Gasteiger partial charge < -0.3 is 4.74 Å². The van der Waals surface area contributed by atoms with Gasteiger partial charge in [-0.2, -0.15) is 0 Å². The molecule has 4 heterocycles. The van der Waals surface area contributed by atoms with E-state index in [1.807, 2.05) is 19.1 Å². The molecule has 0 amide bonds. The average Bonchev–Trinajstić information content (AvgIpc) is 3.46. The van der Waals surface area contributed by atoms with Gasteiger partial charge in [0.25, 0.3) is 0 Å². The largest absolute Gasteiger partial charge is 0.437 e. The van der Waals surface area contributed by atoms with Crippen molar-refractivity contribution in [3.05, 3.63) is 63.0 Å². The first-order valence-electron chi connectivity index (χ1n) is 9.11. The molecule has 0 spiro atoms. The topological polar surface area (TPSA) is 47.9 Å². The van der Waals surface area contributed by atoms with E-state index in [9.17, 15) is 0 Å². The molecule has 0 bridgehead atoms. The minimum absolute atomic E-state index is 0.576. The van der Waals surface area contributed by atoms with Crippen LogP contribution < -0.4 is 4.74 Å². The van der Waals surface area contributed by atoms with Crippen LogP contribution >= 0.6 is 49.9 Å². The number of benzene rings is 2. The first kappa shape index (κ1) is 18.4. The number of hydrogen-bond donors (Lipinski definition) is 0. The number of halogens is 1. The number of thiophene rings is 2. The number of aryl methyl sites for hydroxylation is 1. The number of nitrogens with zero attached hydrogens (tertiary/aromatic N) is 3. The predicted molar refractivity (Wildman–Crippen MR) is 130 cm³/mol. The van der Waals surface area contributed by atoms with E-state index in [0.717, 1.165) is 56.9 Å². The van der Waals surface area contributed by atoms with Gasteiger partial charge in [0, 0.05) is 26.9 Å². The Morgan fingerprint density at radius 1 is 1.03 bits per heavy atom. The summed E-state index contributed by atoms with van der Waals surface area (Å²) in [5.41, 5.74) is 3.24. The minimum atomic E-state index is 0.576. The highest BCUT2D eigenvalue weighted by Crippen LogP contribution is 2.43. The SMILES string of the molecule is Cc1nc2c(cc(Oc3ncnc4scc(-c5ccc(Br)cc5)c34)c3ccsc32)s1. The van der Waals surface area contributed by atoms with Crippen molar-refractivity contribution in [3.63, 3.8) is 0 Å². The second-order valence-corrected chi connectivity index (χ2v) is 10.7. The molecule has 30 heavy (non-hydrogen) atoms. The van der Waals surface area contributed by atoms with Gasteiger partial charge in [0.1, 0.15) is 16.9 Å². The molecule has 6 rings (SSSR count). The van der Waals surface area contributed by atoms with E-state index >= 15 is 0 Å². The molecule has 0 saturated carbocycles. The highest BCUT2D eigenvalue weighted by Gasteiger charge is 2.18. The Balaban J connectivity index is 1.55. The van der Waals surface area contributed by atoms with Crippen LogP contribution in [0.3, 0.4) is 0 Å². The first-order valence-corrected chi connectivity index (χ1v) is 12.5. The molecule has 2 aromatic carbocycles. The lowest BCUT2D eigenvalue weighted by Gasteiger charge is -2.09. The normalized spacial score (nSPS) is 11.7. The molecule has 0 saturated heterocycles. The molecule has 0 aliphatic heterocycles. The van der Waals surface area contributed by atoms with Crippen molar-refractivity contribution in [2.45, 2.75) is 6.92 Å². The van der Waals surface area contributed by atoms with Crippen molar-refractivity contribution in [2.24, 2.45) is 0 Å². The molecule has 146 valence electrons. The fraction of sp³-hybridized carbons (Fsp3) is 0.0455. The van der Waals surface area contributed by atoms with Gasteiger partial charge in [-0.25, -0.2) is 15.0 Å². The zero-order chi connectivity index (χ0) is 20.2. The highest BCUT2D eigenvalue weighted by molar-refractivity contribution is 9.10. The van der Waals surface area contributed by atoms with Crippen LogP contribution in [0.4, 0.5) is 0 Å². The molecular formula is C22H12BrN3OS3. The van der Waals surface area contributed by atoms with Crippen molar-refractivity contribution < 1.29 is 4.74 Å². The average molecular weight is 510 g/mol. The van der Waals surface area contributed by atoms with E-state index < -0.39 is 0 Å². The number of thiazole rings is 1. The van der Waals surface area contributed by atoms with Crippen molar-refractivity contribution in [1.29, 1.82) is 0 Å². The lowest BCUT2D eigenvalue weighted by molar-refractivity contribution is 0.474. The van der Waals surface area contributed by atoms with Crippen molar-refractivity contribution >= 4 is 80.5 Å². The lowest BCUT2D eigenvalue weighted by atomic mass is 10.1. The molecule has 0 N–H and O–H groups in total. The molecule has 6 aromatic rings. The van der Waals surface area contributed by atoms with E-state index in [2.05, 4.69) is 60.9 Å². The van der Waals surface area contributed by atoms with Gasteiger partial charge in [0.15, 0.2) is 0 Å². The Labute approximate surface area is 192 Å². The molecule has 0 fully saturated rings. The molecule has 0 aliphatic rings. The monoisotopic (exact) mass is 509 g/mol. The van der Waals surface area contributed by atoms with Crippen LogP contribution in [0.2, 0.25) is 0 Å². The molecule has 0 unspecified atom stereocenters. The van der Waals surface area contributed by atoms with Crippen molar-refractivity contribution in [3.8, 4) is 22.8 Å². The van der Waals surface area contributed by atoms with Gasteiger partial charge in [0.2, 0.25) is 5.88 Å². The summed E-state index contributed by atoms with van der Waals surface area (Å²) in [4.78, 5) is 14.6. The summed E-state index contributed by atoms with van der Waals surface area (Å²) in [6, 6.07) is 12.4. The Bertz CT molecular complexity index is 1550. The van der Waals surface area contributed by atoms with Crippen LogP contribution in [0.15, 0.2) is 58.0 Å². The number of aromatic nitrogens is 3. The number of rotatable bonds is 3. The maximum Gasteiger partial charge on any atom is 0.231 e. The van der Waals surface area contributed by atoms with E-state index in [1.165, 1.54) is 0 Å². The molecule has 8 heteroatoms. The van der Waals surface area contributed by atoms with Gasteiger partial charge in [0.05, 0.1) is 25.3 Å². The van der Waals surface area contributed by atoms with E-state index in [4.69, 9.17) is 9.72 Å². The second kappa shape index (κ2) is 7.09. The van der Waals surface area contributed by atoms with E-state index in [0.29, 0.717) is 5.88 Å². The van der Waals surface area contributed by atoms with Crippen LogP contribution in [0.1, 0.15) is 5.01 Å². The van der Waals surface area contributed by atoms with Gasteiger partial charge in [-0.3, -0.25) is 0 Å². The van der Waals surface area contributed by atoms with Gasteiger partial charge in [-0.05, 0) is 36.1 Å². The summed E-state index contributed by atoms with van der Waals surface area (Å²) >= 11 is 8.48. The number of hydrogen-bond acceptors (Lipinski definition) is 7.